The van der Waals surface area contributed by atoms with Crippen molar-refractivity contribution in [1.29, 1.82) is 0 Å². The van der Waals surface area contributed by atoms with Crippen molar-refractivity contribution in [3.63, 3.8) is 0 Å². The molecule has 0 aromatic heterocycles. The minimum atomic E-state index is -0.315. The fraction of sp³-hybridized carbons (Fsp3) is 1.00. The molecule has 0 saturated carbocycles. The molecule has 0 fully saturated rings. The van der Waals surface area contributed by atoms with Crippen LogP contribution in [0.25, 0.3) is 0 Å². The zero-order valence-corrected chi connectivity index (χ0v) is 9.46. The Morgan fingerprint density at radius 3 is 1.92 bits per heavy atom. The third-order valence-corrected chi connectivity index (χ3v) is 2.28. The highest BCUT2D eigenvalue weighted by atomic mass is 16.3. The molecule has 0 bridgehead atoms. The molecule has 0 aliphatic carbocycles. The number of aliphatic hydroxyl groups excluding tert-OH is 1. The molecule has 0 saturated heterocycles. The van der Waals surface area contributed by atoms with Crippen LogP contribution in [0.1, 0.15) is 47.0 Å². The number of nitrogens with two attached hydrogens (primary N) is 1. The van der Waals surface area contributed by atoms with E-state index in [2.05, 4.69) is 27.7 Å². The second kappa shape index (κ2) is 6.39. The Kier molecular flexibility index (Phi) is 6.35. The van der Waals surface area contributed by atoms with E-state index in [0.29, 0.717) is 11.8 Å². The zero-order valence-electron chi connectivity index (χ0n) is 9.46. The second-order valence-corrected chi connectivity index (χ2v) is 4.83. The van der Waals surface area contributed by atoms with E-state index in [1.807, 2.05) is 0 Å². The van der Waals surface area contributed by atoms with Crippen LogP contribution < -0.4 is 5.73 Å². The third kappa shape index (κ3) is 7.03. The Hall–Kier alpha value is -0.0800. The zero-order chi connectivity index (χ0) is 10.4. The van der Waals surface area contributed by atoms with Crippen molar-refractivity contribution in [3.8, 4) is 0 Å². The van der Waals surface area contributed by atoms with Gasteiger partial charge in [-0.2, -0.15) is 0 Å². The first-order valence-electron chi connectivity index (χ1n) is 5.37. The van der Waals surface area contributed by atoms with Crippen LogP contribution in [0.15, 0.2) is 0 Å². The Balaban J connectivity index is 3.62. The largest absolute Gasteiger partial charge is 0.392 e. The van der Waals surface area contributed by atoms with Gasteiger partial charge in [-0.05, 0) is 31.1 Å². The summed E-state index contributed by atoms with van der Waals surface area (Å²) in [5.41, 5.74) is 5.85. The lowest BCUT2D eigenvalue weighted by atomic mass is 9.95. The molecule has 2 heteroatoms. The first-order chi connectivity index (χ1) is 5.93. The normalized spacial score (nSPS) is 16.6. The summed E-state index contributed by atoms with van der Waals surface area (Å²) in [5.74, 6) is 1.23. The average molecular weight is 187 g/mol. The van der Waals surface area contributed by atoms with Crippen LogP contribution >= 0.6 is 0 Å². The Labute approximate surface area is 82.5 Å². The summed E-state index contributed by atoms with van der Waals surface area (Å²) in [7, 11) is 0. The molecule has 2 atom stereocenters. The van der Waals surface area contributed by atoms with Crippen LogP contribution in [0.2, 0.25) is 0 Å². The molecule has 0 aliphatic rings. The van der Waals surface area contributed by atoms with E-state index in [1.165, 1.54) is 0 Å². The molecule has 0 rings (SSSR count). The first kappa shape index (κ1) is 12.9. The lowest BCUT2D eigenvalue weighted by Crippen LogP contribution is -2.35. The Morgan fingerprint density at radius 2 is 1.54 bits per heavy atom. The van der Waals surface area contributed by atoms with Crippen molar-refractivity contribution in [2.45, 2.75) is 59.1 Å². The van der Waals surface area contributed by atoms with Gasteiger partial charge in [0.15, 0.2) is 0 Å². The van der Waals surface area contributed by atoms with Gasteiger partial charge in [0.1, 0.15) is 0 Å². The van der Waals surface area contributed by atoms with Crippen LogP contribution in [-0.4, -0.2) is 17.3 Å². The monoisotopic (exact) mass is 187 g/mol. The summed E-state index contributed by atoms with van der Waals surface area (Å²) in [5, 5.41) is 9.69. The molecular formula is C11H25NO. The van der Waals surface area contributed by atoms with Gasteiger partial charge in [-0.15, -0.1) is 0 Å². The van der Waals surface area contributed by atoms with Crippen molar-refractivity contribution in [2.24, 2.45) is 17.6 Å². The minimum absolute atomic E-state index is 0.0428. The molecule has 13 heavy (non-hydrogen) atoms. The van der Waals surface area contributed by atoms with E-state index in [0.717, 1.165) is 19.3 Å². The topological polar surface area (TPSA) is 46.2 Å². The molecule has 0 amide bonds. The van der Waals surface area contributed by atoms with Crippen molar-refractivity contribution >= 4 is 0 Å². The van der Waals surface area contributed by atoms with E-state index in [9.17, 15) is 5.11 Å². The molecule has 0 aliphatic heterocycles. The lowest BCUT2D eigenvalue weighted by Gasteiger charge is -2.21. The van der Waals surface area contributed by atoms with Gasteiger partial charge in [0, 0.05) is 6.04 Å². The van der Waals surface area contributed by atoms with Gasteiger partial charge in [0.2, 0.25) is 0 Å². The molecular weight excluding hydrogens is 162 g/mol. The van der Waals surface area contributed by atoms with Crippen LogP contribution in [0.4, 0.5) is 0 Å². The van der Waals surface area contributed by atoms with Gasteiger partial charge in [-0.1, -0.05) is 27.7 Å². The smallest absolute Gasteiger partial charge is 0.0691 e. The van der Waals surface area contributed by atoms with E-state index in [4.69, 9.17) is 5.73 Å². The number of hydrogen-bond donors (Lipinski definition) is 2. The summed E-state index contributed by atoms with van der Waals surface area (Å²) < 4.78 is 0. The Morgan fingerprint density at radius 1 is 1.00 bits per heavy atom. The quantitative estimate of drug-likeness (QED) is 0.669. The van der Waals surface area contributed by atoms with Gasteiger partial charge >= 0.3 is 0 Å². The summed E-state index contributed by atoms with van der Waals surface area (Å²) in [4.78, 5) is 0. The number of rotatable bonds is 6. The van der Waals surface area contributed by atoms with Gasteiger partial charge in [0.05, 0.1) is 6.10 Å². The van der Waals surface area contributed by atoms with Crippen LogP contribution in [0, 0.1) is 11.8 Å². The van der Waals surface area contributed by atoms with E-state index in [-0.39, 0.29) is 12.1 Å². The molecule has 0 aromatic carbocycles. The van der Waals surface area contributed by atoms with Crippen LogP contribution in [0.5, 0.6) is 0 Å². The molecule has 0 radical (unpaired) electrons. The molecule has 3 N–H and O–H groups in total. The highest BCUT2D eigenvalue weighted by molar-refractivity contribution is 4.73. The van der Waals surface area contributed by atoms with E-state index in [1.54, 1.807) is 0 Å². The van der Waals surface area contributed by atoms with Crippen LogP contribution in [-0.2, 0) is 0 Å². The van der Waals surface area contributed by atoms with Gasteiger partial charge in [0.25, 0.3) is 0 Å². The summed E-state index contributed by atoms with van der Waals surface area (Å²) >= 11 is 0. The maximum atomic E-state index is 9.69. The Bertz CT molecular complexity index is 123. The SMILES string of the molecule is CC(C)CCC(O)C(N)CC(C)C. The molecule has 0 aromatic rings. The second-order valence-electron chi connectivity index (χ2n) is 4.83. The van der Waals surface area contributed by atoms with Gasteiger partial charge < -0.3 is 10.8 Å². The highest BCUT2D eigenvalue weighted by Crippen LogP contribution is 2.12. The number of aliphatic hydroxyl groups is 1. The number of hydrogen-bond acceptors (Lipinski definition) is 2. The van der Waals surface area contributed by atoms with Gasteiger partial charge in [-0.25, -0.2) is 0 Å². The fourth-order valence-electron chi connectivity index (χ4n) is 1.42. The molecule has 2 unspecified atom stereocenters. The molecule has 2 nitrogen and oxygen atoms in total. The maximum absolute atomic E-state index is 9.69. The fourth-order valence-corrected chi connectivity index (χ4v) is 1.42. The van der Waals surface area contributed by atoms with E-state index < -0.39 is 0 Å². The predicted octanol–water partition coefficient (Wildman–Crippen LogP) is 2.16. The van der Waals surface area contributed by atoms with Crippen molar-refractivity contribution in [2.75, 3.05) is 0 Å². The summed E-state index contributed by atoms with van der Waals surface area (Å²) in [6.45, 7) is 8.60. The van der Waals surface area contributed by atoms with E-state index >= 15 is 0 Å². The summed E-state index contributed by atoms with van der Waals surface area (Å²) in [6, 6.07) is -0.0428. The predicted molar refractivity (Wildman–Crippen MR) is 57.5 cm³/mol. The van der Waals surface area contributed by atoms with Crippen molar-refractivity contribution in [3.05, 3.63) is 0 Å². The summed E-state index contributed by atoms with van der Waals surface area (Å²) in [6.07, 6.45) is 2.50. The van der Waals surface area contributed by atoms with Gasteiger partial charge in [-0.3, -0.25) is 0 Å². The van der Waals surface area contributed by atoms with Crippen molar-refractivity contribution < 1.29 is 5.11 Å². The highest BCUT2D eigenvalue weighted by Gasteiger charge is 2.15. The van der Waals surface area contributed by atoms with Crippen LogP contribution in [0.3, 0.4) is 0 Å². The lowest BCUT2D eigenvalue weighted by molar-refractivity contribution is 0.119. The average Bonchev–Trinajstić information content (AvgIpc) is 1.98. The molecule has 0 spiro atoms. The molecule has 80 valence electrons. The third-order valence-electron chi connectivity index (χ3n) is 2.28. The minimum Gasteiger partial charge on any atom is -0.392 e. The van der Waals surface area contributed by atoms with Crippen molar-refractivity contribution in [1.82, 2.24) is 0 Å². The maximum Gasteiger partial charge on any atom is 0.0691 e. The first-order valence-corrected chi connectivity index (χ1v) is 5.37. The molecule has 0 heterocycles. The standard InChI is InChI=1S/C11H25NO/c1-8(2)5-6-11(13)10(12)7-9(3)4/h8-11,13H,5-7,12H2,1-4H3.